The van der Waals surface area contributed by atoms with E-state index in [9.17, 15) is 0 Å². The molecule has 0 radical (unpaired) electrons. The lowest BCUT2D eigenvalue weighted by molar-refractivity contribution is 1.05. The Morgan fingerprint density at radius 3 is 2.80 bits per heavy atom. The van der Waals surface area contributed by atoms with Gasteiger partial charge in [0.05, 0.1) is 5.69 Å². The van der Waals surface area contributed by atoms with Gasteiger partial charge in [0.1, 0.15) is 0 Å². The second-order valence-electron chi connectivity index (χ2n) is 1.90. The fraction of sp³-hybridized carbons (Fsp3) is 0.333. The van der Waals surface area contributed by atoms with E-state index in [-0.39, 0.29) is 0 Å². The van der Waals surface area contributed by atoms with Crippen molar-refractivity contribution in [2.45, 2.75) is 12.3 Å². The predicted octanol–water partition coefficient (Wildman–Crippen LogP) is 2.33. The lowest BCUT2D eigenvalue weighted by atomic mass is 10.4. The van der Waals surface area contributed by atoms with E-state index in [1.807, 2.05) is 13.0 Å². The first kappa shape index (κ1) is 7.95. The van der Waals surface area contributed by atoms with E-state index in [1.165, 1.54) is 0 Å². The molecule has 0 spiro atoms. The summed E-state index contributed by atoms with van der Waals surface area (Å²) in [7, 11) is 0. The summed E-state index contributed by atoms with van der Waals surface area (Å²) in [6.07, 6.45) is 0. The van der Waals surface area contributed by atoms with E-state index in [4.69, 9.17) is 11.6 Å². The van der Waals surface area contributed by atoms with Crippen LogP contribution in [-0.2, 0) is 5.33 Å². The molecule has 0 N–H and O–H groups in total. The smallest absolute Gasteiger partial charge is 0.222 e. The SMILES string of the molecule is Cc1cc(CBr)nc(Cl)n1. The summed E-state index contributed by atoms with van der Waals surface area (Å²) >= 11 is 8.86. The van der Waals surface area contributed by atoms with Gasteiger partial charge in [-0.25, -0.2) is 9.97 Å². The maximum atomic E-state index is 5.59. The van der Waals surface area contributed by atoms with Crippen LogP contribution in [0.3, 0.4) is 0 Å². The molecule has 0 fully saturated rings. The second kappa shape index (κ2) is 3.30. The van der Waals surface area contributed by atoms with Crippen LogP contribution in [-0.4, -0.2) is 9.97 Å². The van der Waals surface area contributed by atoms with Crippen molar-refractivity contribution >= 4 is 27.5 Å². The Labute approximate surface area is 72.8 Å². The van der Waals surface area contributed by atoms with Gasteiger partial charge in [0, 0.05) is 11.0 Å². The maximum Gasteiger partial charge on any atom is 0.222 e. The van der Waals surface area contributed by atoms with Crippen LogP contribution in [0.4, 0.5) is 0 Å². The number of hydrogen-bond acceptors (Lipinski definition) is 2. The third-order valence-corrected chi connectivity index (χ3v) is 1.76. The van der Waals surface area contributed by atoms with Gasteiger partial charge in [0.2, 0.25) is 5.28 Å². The predicted molar refractivity (Wildman–Crippen MR) is 44.4 cm³/mol. The Balaban J connectivity index is 3.06. The molecule has 0 aliphatic carbocycles. The lowest BCUT2D eigenvalue weighted by Crippen LogP contribution is -1.91. The standard InChI is InChI=1S/C6H6BrClN2/c1-4-2-5(3-7)10-6(8)9-4/h2H,3H2,1H3. The third-order valence-electron chi connectivity index (χ3n) is 1.02. The monoisotopic (exact) mass is 220 g/mol. The molecule has 4 heteroatoms. The Hall–Kier alpha value is -0.150. The molecule has 0 aromatic carbocycles. The highest BCUT2D eigenvalue weighted by atomic mass is 79.9. The van der Waals surface area contributed by atoms with Gasteiger partial charge in [-0.15, -0.1) is 0 Å². The summed E-state index contributed by atoms with van der Waals surface area (Å²) in [6, 6.07) is 1.89. The summed E-state index contributed by atoms with van der Waals surface area (Å²) in [5.74, 6) is 0. The zero-order chi connectivity index (χ0) is 7.56. The van der Waals surface area contributed by atoms with Crippen molar-refractivity contribution in [2.24, 2.45) is 0 Å². The molecular weight excluding hydrogens is 215 g/mol. The minimum Gasteiger partial charge on any atom is -0.223 e. The van der Waals surface area contributed by atoms with E-state index in [0.29, 0.717) is 5.28 Å². The first-order chi connectivity index (χ1) is 4.72. The topological polar surface area (TPSA) is 25.8 Å². The summed E-state index contributed by atoms with van der Waals surface area (Å²) in [5, 5.41) is 1.03. The molecule has 2 nitrogen and oxygen atoms in total. The van der Waals surface area contributed by atoms with Crippen LogP contribution < -0.4 is 0 Å². The summed E-state index contributed by atoms with van der Waals surface area (Å²) in [6.45, 7) is 1.89. The van der Waals surface area contributed by atoms with Gasteiger partial charge in [-0.05, 0) is 24.6 Å². The van der Waals surface area contributed by atoms with Gasteiger partial charge in [-0.1, -0.05) is 15.9 Å². The van der Waals surface area contributed by atoms with Crippen molar-refractivity contribution in [1.29, 1.82) is 0 Å². The van der Waals surface area contributed by atoms with Gasteiger partial charge in [0.15, 0.2) is 0 Å². The minimum atomic E-state index is 0.314. The fourth-order valence-electron chi connectivity index (χ4n) is 0.663. The molecule has 54 valence electrons. The zero-order valence-electron chi connectivity index (χ0n) is 5.43. The number of aryl methyl sites for hydroxylation is 1. The molecule has 1 rings (SSSR count). The van der Waals surface area contributed by atoms with Crippen LogP contribution in [0.1, 0.15) is 11.4 Å². The van der Waals surface area contributed by atoms with E-state index in [2.05, 4.69) is 25.9 Å². The number of rotatable bonds is 1. The van der Waals surface area contributed by atoms with Gasteiger partial charge in [-0.2, -0.15) is 0 Å². The van der Waals surface area contributed by atoms with Crippen molar-refractivity contribution in [3.05, 3.63) is 22.7 Å². The first-order valence-corrected chi connectivity index (χ1v) is 4.28. The molecule has 10 heavy (non-hydrogen) atoms. The van der Waals surface area contributed by atoms with Gasteiger partial charge < -0.3 is 0 Å². The molecule has 1 aromatic rings. The number of hydrogen-bond donors (Lipinski definition) is 0. The highest BCUT2D eigenvalue weighted by Gasteiger charge is 1.96. The molecular formula is C6H6BrClN2. The molecule has 0 unspecified atom stereocenters. The van der Waals surface area contributed by atoms with E-state index in [1.54, 1.807) is 0 Å². The number of alkyl halides is 1. The average Bonchev–Trinajstić information content (AvgIpc) is 1.85. The summed E-state index contributed by atoms with van der Waals surface area (Å²) in [5.41, 5.74) is 1.81. The Kier molecular flexibility index (Phi) is 2.63. The molecule has 0 bridgehead atoms. The van der Waals surface area contributed by atoms with Crippen molar-refractivity contribution in [3.8, 4) is 0 Å². The zero-order valence-corrected chi connectivity index (χ0v) is 7.78. The van der Waals surface area contributed by atoms with Crippen LogP contribution in [0.15, 0.2) is 6.07 Å². The van der Waals surface area contributed by atoms with Crippen molar-refractivity contribution in [2.75, 3.05) is 0 Å². The highest BCUT2D eigenvalue weighted by Crippen LogP contribution is 2.07. The first-order valence-electron chi connectivity index (χ1n) is 2.78. The molecule has 0 saturated carbocycles. The van der Waals surface area contributed by atoms with Crippen LogP contribution in [0.25, 0.3) is 0 Å². The van der Waals surface area contributed by atoms with Crippen LogP contribution in [0, 0.1) is 6.92 Å². The number of halogens is 2. The minimum absolute atomic E-state index is 0.314. The third kappa shape index (κ3) is 1.92. The molecule has 1 aromatic heterocycles. The quantitative estimate of drug-likeness (QED) is 0.537. The maximum absolute atomic E-state index is 5.59. The van der Waals surface area contributed by atoms with Crippen LogP contribution in [0.5, 0.6) is 0 Å². The van der Waals surface area contributed by atoms with E-state index in [0.717, 1.165) is 16.7 Å². The average molecular weight is 221 g/mol. The van der Waals surface area contributed by atoms with Crippen LogP contribution in [0.2, 0.25) is 5.28 Å². The Bertz CT molecular complexity index is 219. The molecule has 0 aliphatic rings. The Morgan fingerprint density at radius 1 is 1.60 bits per heavy atom. The van der Waals surface area contributed by atoms with Crippen molar-refractivity contribution in [3.63, 3.8) is 0 Å². The van der Waals surface area contributed by atoms with Gasteiger partial charge in [0.25, 0.3) is 0 Å². The van der Waals surface area contributed by atoms with E-state index < -0.39 is 0 Å². The van der Waals surface area contributed by atoms with E-state index >= 15 is 0 Å². The highest BCUT2D eigenvalue weighted by molar-refractivity contribution is 9.08. The summed E-state index contributed by atoms with van der Waals surface area (Å²) < 4.78 is 0. The number of nitrogens with zero attached hydrogens (tertiary/aromatic N) is 2. The molecule has 0 aliphatic heterocycles. The van der Waals surface area contributed by atoms with Crippen LogP contribution >= 0.6 is 27.5 Å². The van der Waals surface area contributed by atoms with Crippen molar-refractivity contribution < 1.29 is 0 Å². The molecule has 0 saturated heterocycles. The fourth-order valence-corrected chi connectivity index (χ4v) is 1.19. The molecule has 0 amide bonds. The second-order valence-corrected chi connectivity index (χ2v) is 2.80. The largest absolute Gasteiger partial charge is 0.223 e. The van der Waals surface area contributed by atoms with Gasteiger partial charge >= 0.3 is 0 Å². The normalized spacial score (nSPS) is 9.90. The lowest BCUT2D eigenvalue weighted by Gasteiger charge is -1.96. The van der Waals surface area contributed by atoms with Gasteiger partial charge in [-0.3, -0.25) is 0 Å². The number of aromatic nitrogens is 2. The Morgan fingerprint density at radius 2 is 2.30 bits per heavy atom. The van der Waals surface area contributed by atoms with Crippen molar-refractivity contribution in [1.82, 2.24) is 9.97 Å². The molecule has 0 atom stereocenters. The molecule has 1 heterocycles. The summed E-state index contributed by atoms with van der Waals surface area (Å²) in [4.78, 5) is 7.88.